The van der Waals surface area contributed by atoms with Crippen molar-refractivity contribution in [3.63, 3.8) is 0 Å². The normalized spacial score (nSPS) is 14.0. The first-order valence-electron chi connectivity index (χ1n) is 9.98. The van der Waals surface area contributed by atoms with Crippen molar-refractivity contribution in [2.75, 3.05) is 5.32 Å². The Labute approximate surface area is 178 Å². The second-order valence-electron chi connectivity index (χ2n) is 7.38. The van der Waals surface area contributed by atoms with E-state index in [4.69, 9.17) is 0 Å². The molecule has 0 saturated carbocycles. The number of carbonyl (C=O) groups is 3. The molecule has 4 rings (SSSR count). The van der Waals surface area contributed by atoms with Crippen molar-refractivity contribution in [3.8, 4) is 5.69 Å². The Kier molecular flexibility index (Phi) is 5.06. The summed E-state index contributed by atoms with van der Waals surface area (Å²) in [5.74, 6) is -1.59. The molecule has 1 atom stereocenters. The summed E-state index contributed by atoms with van der Waals surface area (Å²) in [6.45, 7) is 3.44. The standard InChI is InChI=1S/C23H22N4O4/c1-4-18(26-21(29)16-12-8-9-13-17(16)22(26)30)20(28)24-19-14(2)25(3)27(23(19)31)15-10-6-5-7-11-15/h5-13,18H,4H2,1-3H3,(H,24,28). The molecule has 8 nitrogen and oxygen atoms in total. The van der Waals surface area contributed by atoms with Crippen LogP contribution in [-0.4, -0.2) is 38.0 Å². The SMILES string of the molecule is CCC(C(=O)Nc1c(C)n(C)n(-c2ccccc2)c1=O)N1C(=O)c2ccccc2C1=O. The molecule has 8 heteroatoms. The van der Waals surface area contributed by atoms with E-state index in [1.54, 1.807) is 62.0 Å². The first-order chi connectivity index (χ1) is 14.9. The monoisotopic (exact) mass is 418 g/mol. The first-order valence-corrected chi connectivity index (χ1v) is 9.98. The Hall–Kier alpha value is -3.94. The number of nitrogens with one attached hydrogen (secondary N) is 1. The van der Waals surface area contributed by atoms with Crippen LogP contribution >= 0.6 is 0 Å². The molecule has 2 heterocycles. The molecule has 1 aliphatic rings. The molecule has 2 aromatic carbocycles. The Morgan fingerprint density at radius 2 is 1.48 bits per heavy atom. The fraction of sp³-hybridized carbons (Fsp3) is 0.217. The summed E-state index contributed by atoms with van der Waals surface area (Å²) in [5.41, 5.74) is 1.50. The van der Waals surface area contributed by atoms with E-state index >= 15 is 0 Å². The van der Waals surface area contributed by atoms with Gasteiger partial charge in [0, 0.05) is 7.05 Å². The summed E-state index contributed by atoms with van der Waals surface area (Å²) in [7, 11) is 1.72. The number of anilines is 1. The van der Waals surface area contributed by atoms with E-state index in [-0.39, 0.29) is 23.2 Å². The van der Waals surface area contributed by atoms with Gasteiger partial charge >= 0.3 is 0 Å². The summed E-state index contributed by atoms with van der Waals surface area (Å²) in [6, 6.07) is 14.5. The third-order valence-electron chi connectivity index (χ3n) is 5.63. The average molecular weight is 418 g/mol. The van der Waals surface area contributed by atoms with Crippen molar-refractivity contribution in [2.24, 2.45) is 7.05 Å². The lowest BCUT2D eigenvalue weighted by Gasteiger charge is -2.23. The van der Waals surface area contributed by atoms with Gasteiger partial charge in [0.05, 0.1) is 22.5 Å². The van der Waals surface area contributed by atoms with Gasteiger partial charge in [-0.05, 0) is 37.6 Å². The highest BCUT2D eigenvalue weighted by Gasteiger charge is 2.42. The van der Waals surface area contributed by atoms with E-state index in [2.05, 4.69) is 5.32 Å². The number of hydrogen-bond donors (Lipinski definition) is 1. The lowest BCUT2D eigenvalue weighted by molar-refractivity contribution is -0.120. The van der Waals surface area contributed by atoms with Gasteiger partial charge in [0.15, 0.2) is 0 Å². The van der Waals surface area contributed by atoms with Gasteiger partial charge in [-0.3, -0.25) is 28.8 Å². The second-order valence-corrected chi connectivity index (χ2v) is 7.38. The maximum Gasteiger partial charge on any atom is 0.295 e. The van der Waals surface area contributed by atoms with Crippen molar-refractivity contribution in [1.29, 1.82) is 0 Å². The summed E-state index contributed by atoms with van der Waals surface area (Å²) >= 11 is 0. The van der Waals surface area contributed by atoms with Crippen LogP contribution in [0.4, 0.5) is 5.69 Å². The molecule has 1 unspecified atom stereocenters. The van der Waals surface area contributed by atoms with Gasteiger partial charge in [-0.25, -0.2) is 4.68 Å². The number of para-hydroxylation sites is 1. The van der Waals surface area contributed by atoms with Crippen LogP contribution in [0.5, 0.6) is 0 Å². The minimum absolute atomic E-state index is 0.117. The molecule has 1 aliphatic heterocycles. The Morgan fingerprint density at radius 3 is 2.03 bits per heavy atom. The van der Waals surface area contributed by atoms with E-state index in [1.807, 2.05) is 18.2 Å². The zero-order valence-corrected chi connectivity index (χ0v) is 17.5. The van der Waals surface area contributed by atoms with Gasteiger partial charge in [0.1, 0.15) is 11.7 Å². The van der Waals surface area contributed by atoms with E-state index < -0.39 is 29.3 Å². The Balaban J connectivity index is 1.66. The molecule has 1 N–H and O–H groups in total. The molecule has 0 aliphatic carbocycles. The van der Waals surface area contributed by atoms with E-state index in [0.29, 0.717) is 11.4 Å². The van der Waals surface area contributed by atoms with E-state index in [9.17, 15) is 19.2 Å². The lowest BCUT2D eigenvalue weighted by atomic mass is 10.1. The largest absolute Gasteiger partial charge is 0.318 e. The van der Waals surface area contributed by atoms with Crippen LogP contribution < -0.4 is 10.9 Å². The van der Waals surface area contributed by atoms with Gasteiger partial charge in [-0.2, -0.15) is 0 Å². The molecule has 0 bridgehead atoms. The van der Waals surface area contributed by atoms with Crippen molar-refractivity contribution < 1.29 is 14.4 Å². The molecule has 0 spiro atoms. The number of rotatable bonds is 5. The van der Waals surface area contributed by atoms with Crippen LogP contribution in [0.2, 0.25) is 0 Å². The Morgan fingerprint density at radius 1 is 0.935 bits per heavy atom. The van der Waals surface area contributed by atoms with Crippen LogP contribution in [0.3, 0.4) is 0 Å². The molecular weight excluding hydrogens is 396 g/mol. The van der Waals surface area contributed by atoms with Gasteiger partial charge in [-0.1, -0.05) is 37.3 Å². The molecular formula is C23H22N4O4. The summed E-state index contributed by atoms with van der Waals surface area (Å²) < 4.78 is 3.10. The van der Waals surface area contributed by atoms with Gasteiger partial charge in [0.25, 0.3) is 17.4 Å². The van der Waals surface area contributed by atoms with Crippen molar-refractivity contribution in [1.82, 2.24) is 14.3 Å². The van der Waals surface area contributed by atoms with Crippen LogP contribution in [-0.2, 0) is 11.8 Å². The number of nitrogens with zero attached hydrogens (tertiary/aromatic N) is 3. The number of carbonyl (C=O) groups excluding carboxylic acids is 3. The van der Waals surface area contributed by atoms with Crippen LogP contribution in [0, 0.1) is 6.92 Å². The molecule has 31 heavy (non-hydrogen) atoms. The molecule has 158 valence electrons. The number of benzene rings is 2. The van der Waals surface area contributed by atoms with Gasteiger partial charge < -0.3 is 5.32 Å². The van der Waals surface area contributed by atoms with Crippen LogP contribution in [0.15, 0.2) is 59.4 Å². The zero-order chi connectivity index (χ0) is 22.3. The fourth-order valence-electron chi connectivity index (χ4n) is 3.89. The third-order valence-corrected chi connectivity index (χ3v) is 5.63. The summed E-state index contributed by atoms with van der Waals surface area (Å²) in [5, 5.41) is 2.67. The van der Waals surface area contributed by atoms with Gasteiger partial charge in [0.2, 0.25) is 5.91 Å². The highest BCUT2D eigenvalue weighted by Crippen LogP contribution is 2.26. The predicted octanol–water partition coefficient (Wildman–Crippen LogP) is 2.50. The predicted molar refractivity (Wildman–Crippen MR) is 115 cm³/mol. The van der Waals surface area contributed by atoms with Crippen molar-refractivity contribution >= 4 is 23.4 Å². The average Bonchev–Trinajstić information content (AvgIpc) is 3.15. The van der Waals surface area contributed by atoms with Gasteiger partial charge in [-0.15, -0.1) is 0 Å². The van der Waals surface area contributed by atoms with Crippen molar-refractivity contribution in [3.05, 3.63) is 81.8 Å². The quantitative estimate of drug-likeness (QED) is 0.645. The van der Waals surface area contributed by atoms with Crippen LogP contribution in [0.1, 0.15) is 39.8 Å². The number of imide groups is 1. The molecule has 0 fully saturated rings. The molecule has 3 aromatic rings. The zero-order valence-electron chi connectivity index (χ0n) is 17.5. The Bertz CT molecular complexity index is 1220. The smallest absolute Gasteiger partial charge is 0.295 e. The molecule has 1 aromatic heterocycles. The summed E-state index contributed by atoms with van der Waals surface area (Å²) in [6.07, 6.45) is 0.218. The second kappa shape index (κ2) is 7.71. The lowest BCUT2D eigenvalue weighted by Crippen LogP contribution is -2.47. The highest BCUT2D eigenvalue weighted by atomic mass is 16.2. The number of fused-ring (bicyclic) bond motifs is 1. The minimum atomic E-state index is -1.03. The number of amides is 3. The third kappa shape index (κ3) is 3.16. The van der Waals surface area contributed by atoms with E-state index in [0.717, 1.165) is 4.90 Å². The fourth-order valence-corrected chi connectivity index (χ4v) is 3.89. The summed E-state index contributed by atoms with van der Waals surface area (Å²) in [4.78, 5) is 52.8. The topological polar surface area (TPSA) is 93.4 Å². The van der Waals surface area contributed by atoms with E-state index in [1.165, 1.54) is 4.68 Å². The van der Waals surface area contributed by atoms with Crippen molar-refractivity contribution in [2.45, 2.75) is 26.3 Å². The molecule has 3 amide bonds. The van der Waals surface area contributed by atoms with Crippen LogP contribution in [0.25, 0.3) is 5.69 Å². The number of aromatic nitrogens is 2. The highest BCUT2D eigenvalue weighted by molar-refractivity contribution is 6.23. The maximum atomic E-state index is 13.1. The maximum absolute atomic E-state index is 13.1. The molecule has 0 radical (unpaired) electrons. The first kappa shape index (κ1) is 20.3. The minimum Gasteiger partial charge on any atom is -0.318 e. The molecule has 0 saturated heterocycles. The number of hydrogen-bond acceptors (Lipinski definition) is 4.